The molecular formula is C15H22N2O. The molecule has 0 spiro atoms. The van der Waals surface area contributed by atoms with Crippen LogP contribution in [0.15, 0.2) is 18.2 Å². The van der Waals surface area contributed by atoms with Gasteiger partial charge >= 0.3 is 0 Å². The molecule has 1 aromatic rings. The second kappa shape index (κ2) is 5.53. The summed E-state index contributed by atoms with van der Waals surface area (Å²) in [7, 11) is 0. The Hall–Kier alpha value is -1.35. The largest absolute Gasteiger partial charge is 0.325 e. The van der Waals surface area contributed by atoms with Gasteiger partial charge in [-0.3, -0.25) is 4.79 Å². The molecule has 1 amide bonds. The zero-order valence-electron chi connectivity index (χ0n) is 11.4. The Morgan fingerprint density at radius 3 is 2.78 bits per heavy atom. The lowest BCUT2D eigenvalue weighted by Crippen LogP contribution is -2.45. The molecule has 0 bridgehead atoms. The predicted molar refractivity (Wildman–Crippen MR) is 74.7 cm³/mol. The van der Waals surface area contributed by atoms with Crippen LogP contribution in [0.25, 0.3) is 0 Å². The van der Waals surface area contributed by atoms with E-state index in [1.807, 2.05) is 18.2 Å². The highest BCUT2D eigenvalue weighted by atomic mass is 16.2. The third-order valence-corrected chi connectivity index (χ3v) is 3.76. The maximum Gasteiger partial charge on any atom is 0.241 e. The van der Waals surface area contributed by atoms with Gasteiger partial charge in [0.05, 0.1) is 6.04 Å². The maximum atomic E-state index is 12.1. The maximum absolute atomic E-state index is 12.1. The smallest absolute Gasteiger partial charge is 0.241 e. The van der Waals surface area contributed by atoms with Gasteiger partial charge in [0, 0.05) is 5.69 Å². The number of carbonyl (C=O) groups excluding carboxylic acids is 1. The Labute approximate surface area is 109 Å². The Morgan fingerprint density at radius 2 is 2.11 bits per heavy atom. The highest BCUT2D eigenvalue weighted by molar-refractivity contribution is 5.95. The van der Waals surface area contributed by atoms with Gasteiger partial charge in [-0.1, -0.05) is 13.0 Å². The van der Waals surface area contributed by atoms with Gasteiger partial charge in [0.25, 0.3) is 0 Å². The Balaban J connectivity index is 2.00. The van der Waals surface area contributed by atoms with Crippen LogP contribution in [-0.4, -0.2) is 18.5 Å². The molecule has 2 unspecified atom stereocenters. The van der Waals surface area contributed by atoms with E-state index in [9.17, 15) is 4.79 Å². The topological polar surface area (TPSA) is 41.1 Å². The van der Waals surface area contributed by atoms with Crippen LogP contribution in [0, 0.1) is 19.8 Å². The Bertz CT molecular complexity index is 442. The molecule has 0 aliphatic carbocycles. The summed E-state index contributed by atoms with van der Waals surface area (Å²) in [4.78, 5) is 12.1. The van der Waals surface area contributed by atoms with E-state index in [2.05, 4.69) is 31.4 Å². The van der Waals surface area contributed by atoms with E-state index in [1.165, 1.54) is 11.1 Å². The molecule has 2 atom stereocenters. The van der Waals surface area contributed by atoms with E-state index in [-0.39, 0.29) is 11.9 Å². The van der Waals surface area contributed by atoms with Gasteiger partial charge < -0.3 is 10.6 Å². The Kier molecular flexibility index (Phi) is 4.02. The molecule has 1 fully saturated rings. The van der Waals surface area contributed by atoms with E-state index in [1.54, 1.807) is 0 Å². The summed E-state index contributed by atoms with van der Waals surface area (Å²) >= 11 is 0. The highest BCUT2D eigenvalue weighted by Crippen LogP contribution is 2.18. The lowest BCUT2D eigenvalue weighted by Gasteiger charge is -2.27. The van der Waals surface area contributed by atoms with Crippen molar-refractivity contribution in [3.63, 3.8) is 0 Å². The lowest BCUT2D eigenvalue weighted by molar-refractivity contribution is -0.119. The number of piperidine rings is 1. The number of hydrogen-bond donors (Lipinski definition) is 2. The van der Waals surface area contributed by atoms with Gasteiger partial charge in [0.15, 0.2) is 0 Å². The number of hydrogen-bond acceptors (Lipinski definition) is 2. The van der Waals surface area contributed by atoms with Gasteiger partial charge in [0.1, 0.15) is 0 Å². The van der Waals surface area contributed by atoms with E-state index < -0.39 is 0 Å². The molecule has 2 N–H and O–H groups in total. The molecule has 18 heavy (non-hydrogen) atoms. The number of nitrogens with one attached hydrogen (secondary N) is 2. The van der Waals surface area contributed by atoms with Crippen LogP contribution in [0.2, 0.25) is 0 Å². The van der Waals surface area contributed by atoms with Crippen LogP contribution in [0.5, 0.6) is 0 Å². The third kappa shape index (κ3) is 3.10. The first-order chi connectivity index (χ1) is 8.56. The molecule has 3 nitrogen and oxygen atoms in total. The average molecular weight is 246 g/mol. The van der Waals surface area contributed by atoms with Gasteiger partial charge in [-0.15, -0.1) is 0 Å². The molecule has 2 rings (SSSR count). The molecule has 1 aromatic carbocycles. The summed E-state index contributed by atoms with van der Waals surface area (Å²) in [6.07, 6.45) is 2.09. The summed E-state index contributed by atoms with van der Waals surface area (Å²) in [5.41, 5.74) is 3.35. The highest BCUT2D eigenvalue weighted by Gasteiger charge is 2.24. The monoisotopic (exact) mass is 246 g/mol. The number of aryl methyl sites for hydroxylation is 2. The number of benzene rings is 1. The lowest BCUT2D eigenvalue weighted by atomic mass is 9.94. The van der Waals surface area contributed by atoms with Crippen LogP contribution < -0.4 is 10.6 Å². The zero-order valence-corrected chi connectivity index (χ0v) is 11.4. The average Bonchev–Trinajstić information content (AvgIpc) is 2.34. The summed E-state index contributed by atoms with van der Waals surface area (Å²) in [5.74, 6) is 0.714. The second-order valence-electron chi connectivity index (χ2n) is 5.42. The molecule has 1 saturated heterocycles. The molecule has 3 heteroatoms. The zero-order chi connectivity index (χ0) is 13.1. The summed E-state index contributed by atoms with van der Waals surface area (Å²) in [5, 5.41) is 6.28. The molecule has 1 heterocycles. The van der Waals surface area contributed by atoms with E-state index >= 15 is 0 Å². The minimum Gasteiger partial charge on any atom is -0.325 e. The van der Waals surface area contributed by atoms with E-state index in [4.69, 9.17) is 0 Å². The first-order valence-electron chi connectivity index (χ1n) is 6.68. The number of amides is 1. The van der Waals surface area contributed by atoms with Crippen molar-refractivity contribution < 1.29 is 4.79 Å². The second-order valence-corrected chi connectivity index (χ2v) is 5.42. The molecule has 98 valence electrons. The predicted octanol–water partition coefficient (Wildman–Crippen LogP) is 2.63. The van der Waals surface area contributed by atoms with Crippen molar-refractivity contribution in [2.45, 2.75) is 39.7 Å². The fourth-order valence-electron chi connectivity index (χ4n) is 2.36. The standard InChI is InChI=1S/C15H22N2O/c1-10-6-7-16-14(8-10)15(18)17-13-5-4-11(2)12(3)9-13/h4-5,9-10,14,16H,6-8H2,1-3H3,(H,17,18). The fraction of sp³-hybridized carbons (Fsp3) is 0.533. The van der Waals surface area contributed by atoms with Crippen LogP contribution in [0.1, 0.15) is 30.9 Å². The molecule has 0 saturated carbocycles. The number of rotatable bonds is 2. The summed E-state index contributed by atoms with van der Waals surface area (Å²) < 4.78 is 0. The Morgan fingerprint density at radius 1 is 1.33 bits per heavy atom. The van der Waals surface area contributed by atoms with Crippen molar-refractivity contribution in [2.75, 3.05) is 11.9 Å². The minimum atomic E-state index is -0.0460. The third-order valence-electron chi connectivity index (χ3n) is 3.76. The first kappa shape index (κ1) is 13.1. The molecule has 0 aromatic heterocycles. The fourth-order valence-corrected chi connectivity index (χ4v) is 2.36. The van der Waals surface area contributed by atoms with Crippen LogP contribution >= 0.6 is 0 Å². The molecule has 1 aliphatic rings. The SMILES string of the molecule is Cc1ccc(NC(=O)C2CC(C)CCN2)cc1C. The van der Waals surface area contributed by atoms with Gasteiger partial charge in [-0.25, -0.2) is 0 Å². The van der Waals surface area contributed by atoms with E-state index in [0.29, 0.717) is 5.92 Å². The van der Waals surface area contributed by atoms with Crippen molar-refractivity contribution in [2.24, 2.45) is 5.92 Å². The van der Waals surface area contributed by atoms with Gasteiger partial charge in [0.2, 0.25) is 5.91 Å². The molecular weight excluding hydrogens is 224 g/mol. The first-order valence-corrected chi connectivity index (χ1v) is 6.68. The van der Waals surface area contributed by atoms with Crippen LogP contribution in [0.4, 0.5) is 5.69 Å². The minimum absolute atomic E-state index is 0.0460. The summed E-state index contributed by atoms with van der Waals surface area (Å²) in [6.45, 7) is 7.28. The van der Waals surface area contributed by atoms with E-state index in [0.717, 1.165) is 25.1 Å². The molecule has 1 aliphatic heterocycles. The van der Waals surface area contributed by atoms with Crippen LogP contribution in [-0.2, 0) is 4.79 Å². The van der Waals surface area contributed by atoms with Gasteiger partial charge in [-0.2, -0.15) is 0 Å². The van der Waals surface area contributed by atoms with Crippen LogP contribution in [0.3, 0.4) is 0 Å². The van der Waals surface area contributed by atoms with Crippen molar-refractivity contribution in [1.29, 1.82) is 0 Å². The van der Waals surface area contributed by atoms with Gasteiger partial charge in [-0.05, 0) is 62.4 Å². The summed E-state index contributed by atoms with van der Waals surface area (Å²) in [6, 6.07) is 5.99. The molecule has 0 radical (unpaired) electrons. The van der Waals surface area contributed by atoms with Crippen molar-refractivity contribution >= 4 is 11.6 Å². The van der Waals surface area contributed by atoms with Crippen molar-refractivity contribution in [1.82, 2.24) is 5.32 Å². The van der Waals surface area contributed by atoms with Crippen molar-refractivity contribution in [3.8, 4) is 0 Å². The quantitative estimate of drug-likeness (QED) is 0.842. The van der Waals surface area contributed by atoms with Crippen molar-refractivity contribution in [3.05, 3.63) is 29.3 Å². The number of anilines is 1. The number of carbonyl (C=O) groups is 1. The normalized spacial score (nSPS) is 23.7.